The van der Waals surface area contributed by atoms with Crippen molar-refractivity contribution >= 4 is 0 Å². The smallest absolute Gasteiger partial charge is 0.113 e. The number of hydrogen-bond donors (Lipinski definition) is 0. The van der Waals surface area contributed by atoms with E-state index in [2.05, 4.69) is 22.2 Å². The van der Waals surface area contributed by atoms with Gasteiger partial charge in [0.15, 0.2) is 0 Å². The van der Waals surface area contributed by atoms with Gasteiger partial charge in [0.05, 0.1) is 19.3 Å². The molecule has 0 spiro atoms. The number of methoxy groups -OCH3 is 1. The summed E-state index contributed by atoms with van der Waals surface area (Å²) in [5.74, 6) is 7.11. The van der Waals surface area contributed by atoms with E-state index in [1.54, 1.807) is 11.8 Å². The Bertz CT molecular complexity index is 630. The van der Waals surface area contributed by atoms with Crippen LogP contribution in [0.15, 0.2) is 30.5 Å². The fraction of sp³-hybridized carbons (Fsp3) is 0.375. The van der Waals surface area contributed by atoms with Crippen LogP contribution in [-0.2, 0) is 11.3 Å². The highest BCUT2D eigenvalue weighted by atomic mass is 16.5. The van der Waals surface area contributed by atoms with Gasteiger partial charge in [0.25, 0.3) is 0 Å². The minimum Gasteiger partial charge on any atom is -0.383 e. The predicted molar refractivity (Wildman–Crippen MR) is 76.9 cm³/mol. The summed E-state index contributed by atoms with van der Waals surface area (Å²) in [6.45, 7) is 1.35. The van der Waals surface area contributed by atoms with Crippen molar-refractivity contribution < 1.29 is 4.74 Å². The van der Waals surface area contributed by atoms with Crippen LogP contribution in [0.5, 0.6) is 0 Å². The van der Waals surface area contributed by atoms with Crippen LogP contribution in [0.25, 0.3) is 11.3 Å². The lowest BCUT2D eigenvalue weighted by molar-refractivity contribution is 0.183. The summed E-state index contributed by atoms with van der Waals surface area (Å²) >= 11 is 0. The molecule has 1 fully saturated rings. The Morgan fingerprint density at radius 2 is 2.10 bits per heavy atom. The summed E-state index contributed by atoms with van der Waals surface area (Å²) in [4.78, 5) is 0. The van der Waals surface area contributed by atoms with Gasteiger partial charge in [-0.25, -0.2) is 4.68 Å². The second-order valence-electron chi connectivity index (χ2n) is 4.98. The van der Waals surface area contributed by atoms with E-state index < -0.39 is 0 Å². The van der Waals surface area contributed by atoms with Crippen LogP contribution in [0, 0.1) is 17.8 Å². The second kappa shape index (κ2) is 5.89. The summed E-state index contributed by atoms with van der Waals surface area (Å²) in [6, 6.07) is 8.17. The maximum absolute atomic E-state index is 5.02. The molecule has 0 atom stereocenters. The lowest BCUT2D eigenvalue weighted by Gasteiger charge is -1.97. The second-order valence-corrected chi connectivity index (χ2v) is 4.98. The Hall–Kier alpha value is -2.12. The number of rotatable bonds is 4. The molecule has 3 rings (SSSR count). The molecule has 1 aliphatic carbocycles. The summed E-state index contributed by atoms with van der Waals surface area (Å²) in [6.07, 6.45) is 4.45. The lowest BCUT2D eigenvalue weighted by atomic mass is 10.1. The summed E-state index contributed by atoms with van der Waals surface area (Å²) in [5.41, 5.74) is 3.00. The van der Waals surface area contributed by atoms with Gasteiger partial charge in [0.1, 0.15) is 5.69 Å². The predicted octanol–water partition coefficient (Wildman–Crippen LogP) is 2.35. The van der Waals surface area contributed by atoms with E-state index in [1.165, 1.54) is 12.8 Å². The minimum atomic E-state index is 0.635. The monoisotopic (exact) mass is 267 g/mol. The van der Waals surface area contributed by atoms with Crippen molar-refractivity contribution in [2.75, 3.05) is 13.7 Å². The molecule has 0 N–H and O–H groups in total. The molecule has 0 saturated heterocycles. The topological polar surface area (TPSA) is 39.9 Å². The minimum absolute atomic E-state index is 0.635. The Balaban J connectivity index is 1.70. The number of nitrogens with zero attached hydrogens (tertiary/aromatic N) is 3. The van der Waals surface area contributed by atoms with Crippen molar-refractivity contribution in [1.29, 1.82) is 0 Å². The Kier molecular flexibility index (Phi) is 3.80. The fourth-order valence-corrected chi connectivity index (χ4v) is 1.86. The molecule has 102 valence electrons. The van der Waals surface area contributed by atoms with Crippen LogP contribution >= 0.6 is 0 Å². The molecule has 0 amide bonds. The molecule has 1 aliphatic rings. The number of benzene rings is 1. The van der Waals surface area contributed by atoms with E-state index >= 15 is 0 Å². The van der Waals surface area contributed by atoms with E-state index in [9.17, 15) is 0 Å². The van der Waals surface area contributed by atoms with E-state index in [1.807, 2.05) is 30.5 Å². The Labute approximate surface area is 118 Å². The van der Waals surface area contributed by atoms with Gasteiger partial charge in [-0.15, -0.1) is 5.10 Å². The molecule has 0 unspecified atom stereocenters. The molecule has 4 heteroatoms. The molecular formula is C16H17N3O. The molecule has 2 aromatic rings. The Morgan fingerprint density at radius 3 is 2.80 bits per heavy atom. The van der Waals surface area contributed by atoms with Gasteiger partial charge >= 0.3 is 0 Å². The van der Waals surface area contributed by atoms with Gasteiger partial charge in [0.2, 0.25) is 0 Å². The van der Waals surface area contributed by atoms with Crippen LogP contribution in [-0.4, -0.2) is 28.7 Å². The maximum atomic E-state index is 5.02. The quantitative estimate of drug-likeness (QED) is 0.798. The number of hydrogen-bond acceptors (Lipinski definition) is 3. The van der Waals surface area contributed by atoms with Crippen molar-refractivity contribution in [3.63, 3.8) is 0 Å². The number of aromatic nitrogens is 3. The van der Waals surface area contributed by atoms with Crippen molar-refractivity contribution in [3.05, 3.63) is 36.0 Å². The van der Waals surface area contributed by atoms with Gasteiger partial charge in [-0.2, -0.15) is 0 Å². The standard InChI is InChI=1S/C16H17N3O/c1-20-11-10-19-12-16(17-18-19)15-8-6-14(7-9-15)5-4-13-2-3-13/h6-9,12-13H,2-3,10-11H2,1H3. The normalized spacial score (nSPS) is 13.8. The third kappa shape index (κ3) is 3.25. The molecule has 20 heavy (non-hydrogen) atoms. The lowest BCUT2D eigenvalue weighted by Crippen LogP contribution is -2.04. The largest absolute Gasteiger partial charge is 0.383 e. The van der Waals surface area contributed by atoms with Crippen molar-refractivity contribution in [1.82, 2.24) is 15.0 Å². The molecule has 1 saturated carbocycles. The molecular weight excluding hydrogens is 250 g/mol. The van der Waals surface area contributed by atoms with Gasteiger partial charge < -0.3 is 4.74 Å². The van der Waals surface area contributed by atoms with E-state index in [0.717, 1.165) is 16.8 Å². The molecule has 1 aromatic carbocycles. The molecule has 0 bridgehead atoms. The summed E-state index contributed by atoms with van der Waals surface area (Å²) < 4.78 is 6.82. The van der Waals surface area contributed by atoms with E-state index in [0.29, 0.717) is 19.1 Å². The zero-order valence-electron chi connectivity index (χ0n) is 11.5. The van der Waals surface area contributed by atoms with Crippen LogP contribution in [0.4, 0.5) is 0 Å². The van der Waals surface area contributed by atoms with Gasteiger partial charge in [-0.05, 0) is 25.0 Å². The van der Waals surface area contributed by atoms with Crippen LogP contribution in [0.3, 0.4) is 0 Å². The molecule has 1 aromatic heterocycles. The fourth-order valence-electron chi connectivity index (χ4n) is 1.86. The average molecular weight is 267 g/mol. The first-order valence-electron chi connectivity index (χ1n) is 6.86. The first kappa shape index (κ1) is 12.9. The van der Waals surface area contributed by atoms with Crippen LogP contribution < -0.4 is 0 Å². The zero-order chi connectivity index (χ0) is 13.8. The summed E-state index contributed by atoms with van der Waals surface area (Å²) in [5, 5.41) is 8.25. The average Bonchev–Trinajstić information content (AvgIpc) is 3.20. The van der Waals surface area contributed by atoms with E-state index in [-0.39, 0.29) is 0 Å². The van der Waals surface area contributed by atoms with Gasteiger partial charge in [0, 0.05) is 24.2 Å². The van der Waals surface area contributed by atoms with Crippen molar-refractivity contribution in [3.8, 4) is 23.1 Å². The zero-order valence-corrected chi connectivity index (χ0v) is 11.5. The molecule has 0 radical (unpaired) electrons. The van der Waals surface area contributed by atoms with Crippen LogP contribution in [0.2, 0.25) is 0 Å². The highest BCUT2D eigenvalue weighted by Gasteiger charge is 2.17. The van der Waals surface area contributed by atoms with Crippen molar-refractivity contribution in [2.45, 2.75) is 19.4 Å². The first-order valence-corrected chi connectivity index (χ1v) is 6.86. The van der Waals surface area contributed by atoms with Gasteiger partial charge in [-0.3, -0.25) is 0 Å². The number of ether oxygens (including phenoxy) is 1. The van der Waals surface area contributed by atoms with E-state index in [4.69, 9.17) is 4.74 Å². The molecule has 1 heterocycles. The van der Waals surface area contributed by atoms with Crippen molar-refractivity contribution in [2.24, 2.45) is 5.92 Å². The highest BCUT2D eigenvalue weighted by Crippen LogP contribution is 2.27. The Morgan fingerprint density at radius 1 is 1.30 bits per heavy atom. The summed E-state index contributed by atoms with van der Waals surface area (Å²) in [7, 11) is 1.68. The highest BCUT2D eigenvalue weighted by molar-refractivity contribution is 5.59. The SMILES string of the molecule is COCCn1cc(-c2ccc(C#CC3CC3)cc2)nn1. The van der Waals surface area contributed by atoms with Gasteiger partial charge in [-0.1, -0.05) is 29.2 Å². The third-order valence-corrected chi connectivity index (χ3v) is 3.24. The molecule has 4 nitrogen and oxygen atoms in total. The van der Waals surface area contributed by atoms with Crippen LogP contribution in [0.1, 0.15) is 18.4 Å². The maximum Gasteiger partial charge on any atom is 0.113 e. The molecule has 0 aliphatic heterocycles. The third-order valence-electron chi connectivity index (χ3n) is 3.24. The first-order chi connectivity index (χ1) is 9.85.